The summed E-state index contributed by atoms with van der Waals surface area (Å²) in [7, 11) is 0. The Kier molecular flexibility index (Phi) is 9.37. The van der Waals surface area contributed by atoms with Gasteiger partial charge in [-0.3, -0.25) is 4.79 Å². The zero-order valence-electron chi connectivity index (χ0n) is 23.9. The van der Waals surface area contributed by atoms with Crippen molar-refractivity contribution in [2.24, 2.45) is 17.3 Å². The largest absolute Gasteiger partial charge is 0.477 e. The van der Waals surface area contributed by atoms with Gasteiger partial charge in [0.2, 0.25) is 11.8 Å². The van der Waals surface area contributed by atoms with Crippen LogP contribution in [-0.4, -0.2) is 34.1 Å². The minimum absolute atomic E-state index is 0.0588. The van der Waals surface area contributed by atoms with E-state index < -0.39 is 17.8 Å². The van der Waals surface area contributed by atoms with Crippen LogP contribution in [-0.2, 0) is 11.0 Å². The van der Waals surface area contributed by atoms with E-state index in [4.69, 9.17) is 4.74 Å². The molecule has 2 aromatic heterocycles. The first-order valence-corrected chi connectivity index (χ1v) is 15.0. The summed E-state index contributed by atoms with van der Waals surface area (Å²) in [4.78, 5) is 32.4. The predicted octanol–water partition coefficient (Wildman–Crippen LogP) is 7.81. The highest BCUT2D eigenvalue weighted by atomic mass is 32.1. The Hall–Kier alpha value is -3.06. The molecule has 2 aliphatic carbocycles. The Bertz CT molecular complexity index is 1310. The molecule has 0 atom stereocenters. The summed E-state index contributed by atoms with van der Waals surface area (Å²) < 4.78 is 45.1. The van der Waals surface area contributed by atoms with Gasteiger partial charge in [0.05, 0.1) is 10.6 Å². The van der Waals surface area contributed by atoms with Gasteiger partial charge < -0.3 is 14.7 Å². The number of amides is 1. The molecule has 1 N–H and O–H groups in total. The Morgan fingerprint density at radius 1 is 1.05 bits per heavy atom. The lowest BCUT2D eigenvalue weighted by Gasteiger charge is -2.39. The third kappa shape index (κ3) is 8.03. The zero-order chi connectivity index (χ0) is 29.9. The average molecular weight is 591 g/mol. The highest BCUT2D eigenvalue weighted by Crippen LogP contribution is 2.39. The van der Waals surface area contributed by atoms with Crippen molar-refractivity contribution >= 4 is 28.9 Å². The lowest BCUT2D eigenvalue weighted by atomic mass is 9.81. The quantitative estimate of drug-likeness (QED) is 0.347. The van der Waals surface area contributed by atoms with Gasteiger partial charge in [0, 0.05) is 23.4 Å². The summed E-state index contributed by atoms with van der Waals surface area (Å²) in [5.41, 5.74) is -0.895. The lowest BCUT2D eigenvalue weighted by Crippen LogP contribution is -2.47. The molecule has 0 unspecified atom stereocenters. The number of carbonyl (C=O) groups excluding carboxylic acids is 1. The van der Waals surface area contributed by atoms with Crippen LogP contribution in [0.5, 0.6) is 5.88 Å². The second kappa shape index (κ2) is 12.4. The summed E-state index contributed by atoms with van der Waals surface area (Å²) >= 11 is 1.08. The third-order valence-corrected chi connectivity index (χ3v) is 8.67. The van der Waals surface area contributed by atoms with E-state index in [1.54, 1.807) is 11.0 Å². The fourth-order valence-corrected chi connectivity index (χ4v) is 6.30. The monoisotopic (exact) mass is 590 g/mol. The van der Waals surface area contributed by atoms with E-state index in [0.29, 0.717) is 42.2 Å². The van der Waals surface area contributed by atoms with Crippen molar-refractivity contribution in [3.8, 4) is 17.7 Å². The van der Waals surface area contributed by atoms with Gasteiger partial charge >= 0.3 is 12.1 Å². The lowest BCUT2D eigenvalue weighted by molar-refractivity contribution is -0.141. The number of nitrogens with zero attached hydrogens (tertiary/aromatic N) is 2. The molecule has 0 bridgehead atoms. The molecule has 2 aliphatic rings. The van der Waals surface area contributed by atoms with Crippen molar-refractivity contribution in [2.45, 2.75) is 97.4 Å². The molecule has 0 radical (unpaired) electrons. The maximum Gasteiger partial charge on any atom is 0.433 e. The molecule has 6 nitrogen and oxygen atoms in total. The minimum Gasteiger partial charge on any atom is -0.477 e. The molecule has 2 fully saturated rings. The van der Waals surface area contributed by atoms with Gasteiger partial charge in [-0.25, -0.2) is 9.78 Å². The molecule has 1 amide bonds. The molecule has 4 rings (SSSR count). The van der Waals surface area contributed by atoms with Crippen LogP contribution in [0.15, 0.2) is 24.3 Å². The number of pyridine rings is 1. The number of aromatic carboxylic acids is 1. The van der Waals surface area contributed by atoms with Crippen molar-refractivity contribution in [3.63, 3.8) is 0 Å². The fourth-order valence-electron chi connectivity index (χ4n) is 5.45. The smallest absolute Gasteiger partial charge is 0.433 e. The molecule has 0 spiro atoms. The first-order valence-electron chi connectivity index (χ1n) is 14.2. The van der Waals surface area contributed by atoms with E-state index in [9.17, 15) is 27.9 Å². The Labute approximate surface area is 243 Å². The van der Waals surface area contributed by atoms with Gasteiger partial charge in [-0.1, -0.05) is 24.8 Å². The van der Waals surface area contributed by atoms with Crippen LogP contribution in [0.1, 0.15) is 99.3 Å². The number of hydrogen-bond donors (Lipinski definition) is 1. The molecule has 2 saturated carbocycles. The van der Waals surface area contributed by atoms with Crippen LogP contribution in [0.25, 0.3) is 0 Å². The number of ether oxygens (including phenoxy) is 1. The second-order valence-corrected chi connectivity index (χ2v) is 13.3. The normalized spacial score (nSPS) is 23.3. The number of anilines is 1. The minimum atomic E-state index is -4.56. The first-order chi connectivity index (χ1) is 19.2. The number of rotatable bonds is 6. The topological polar surface area (TPSA) is 79.7 Å². The Morgan fingerprint density at radius 2 is 1.71 bits per heavy atom. The summed E-state index contributed by atoms with van der Waals surface area (Å²) in [6, 6.07) is 5.05. The van der Waals surface area contributed by atoms with Crippen LogP contribution in [0.3, 0.4) is 0 Å². The number of carboxylic acid groups (broad SMARTS) is 1. The summed E-state index contributed by atoms with van der Waals surface area (Å²) in [5, 5.41) is 10.1. The van der Waals surface area contributed by atoms with Gasteiger partial charge in [-0.05, 0) is 90.2 Å². The molecule has 2 aromatic rings. The zero-order valence-corrected chi connectivity index (χ0v) is 24.7. The molecular weight excluding hydrogens is 553 g/mol. The van der Waals surface area contributed by atoms with E-state index in [0.717, 1.165) is 43.1 Å². The Balaban J connectivity index is 1.58. The number of halogens is 3. The number of alkyl halides is 3. The van der Waals surface area contributed by atoms with Crippen LogP contribution in [0, 0.1) is 29.1 Å². The molecule has 2 heterocycles. The van der Waals surface area contributed by atoms with E-state index in [1.807, 2.05) is 20.8 Å². The van der Waals surface area contributed by atoms with Gasteiger partial charge in [-0.15, -0.1) is 11.3 Å². The molecule has 41 heavy (non-hydrogen) atoms. The SMILES string of the molecule is CC1CCC(C(=O)N(c2cc(C#CC(C)(C)C)sc2C(=O)O)C2CCC(Oc3cccc(C(F)(F)F)n3)CC2)CC1. The van der Waals surface area contributed by atoms with E-state index in [2.05, 4.69) is 23.7 Å². The molecule has 10 heteroatoms. The molecular formula is C31H37F3N2O4S. The molecule has 0 aliphatic heterocycles. The van der Waals surface area contributed by atoms with Crippen LogP contribution < -0.4 is 9.64 Å². The maximum absolute atomic E-state index is 14.1. The fraction of sp³-hybridized carbons (Fsp3) is 0.581. The van der Waals surface area contributed by atoms with Crippen LogP contribution in [0.4, 0.5) is 18.9 Å². The van der Waals surface area contributed by atoms with Crippen LogP contribution in [0.2, 0.25) is 0 Å². The van der Waals surface area contributed by atoms with E-state index >= 15 is 0 Å². The van der Waals surface area contributed by atoms with Crippen molar-refractivity contribution < 1.29 is 32.6 Å². The number of carboxylic acids is 1. The number of hydrogen-bond acceptors (Lipinski definition) is 5. The van der Waals surface area contributed by atoms with Gasteiger partial charge in [0.1, 0.15) is 16.7 Å². The summed E-state index contributed by atoms with van der Waals surface area (Å²) in [6.45, 7) is 8.10. The predicted molar refractivity (Wildman–Crippen MR) is 152 cm³/mol. The van der Waals surface area contributed by atoms with Crippen molar-refractivity contribution in [1.29, 1.82) is 0 Å². The summed E-state index contributed by atoms with van der Waals surface area (Å²) in [5.74, 6) is 5.37. The van der Waals surface area contributed by atoms with Crippen molar-refractivity contribution in [3.05, 3.63) is 39.7 Å². The number of thiophene rings is 1. The van der Waals surface area contributed by atoms with Crippen molar-refractivity contribution in [2.75, 3.05) is 4.90 Å². The molecule has 0 aromatic carbocycles. The maximum atomic E-state index is 14.1. The standard InChI is InChI=1S/C31H37F3N2O4S/c1-19-8-10-20(11-9-19)28(37)36(24-18-23(16-17-30(2,3)4)41-27(24)29(38)39)21-12-14-22(15-13-21)40-26-7-5-6-25(35-26)31(32,33)34/h5-7,18-22H,8-15H2,1-4H3,(H,38,39). The average Bonchev–Trinajstić information content (AvgIpc) is 3.32. The Morgan fingerprint density at radius 3 is 2.29 bits per heavy atom. The van der Waals surface area contributed by atoms with Crippen molar-refractivity contribution in [1.82, 2.24) is 4.98 Å². The summed E-state index contributed by atoms with van der Waals surface area (Å²) in [6.07, 6.45) is 0.552. The third-order valence-electron chi connectivity index (χ3n) is 7.64. The number of aromatic nitrogens is 1. The van der Waals surface area contributed by atoms with Gasteiger partial charge in [-0.2, -0.15) is 13.2 Å². The molecule has 222 valence electrons. The second-order valence-electron chi connectivity index (χ2n) is 12.2. The van der Waals surface area contributed by atoms with Gasteiger partial charge in [0.15, 0.2) is 0 Å². The van der Waals surface area contributed by atoms with E-state index in [-0.39, 0.29) is 40.1 Å². The van der Waals surface area contributed by atoms with Gasteiger partial charge in [0.25, 0.3) is 0 Å². The molecule has 0 saturated heterocycles. The highest BCUT2D eigenvalue weighted by molar-refractivity contribution is 7.15. The van der Waals surface area contributed by atoms with Crippen LogP contribution >= 0.6 is 11.3 Å². The first kappa shape index (κ1) is 30.9. The van der Waals surface area contributed by atoms with E-state index in [1.165, 1.54) is 12.1 Å². The number of carbonyl (C=O) groups is 2. The highest BCUT2D eigenvalue weighted by Gasteiger charge is 2.38.